The number of H-pyrrole nitrogens is 1. The predicted octanol–water partition coefficient (Wildman–Crippen LogP) is 4.33. The van der Waals surface area contributed by atoms with E-state index in [2.05, 4.69) is 46.4 Å². The van der Waals surface area contributed by atoms with Gasteiger partial charge in [-0.25, -0.2) is 5.10 Å². The van der Waals surface area contributed by atoms with Crippen LogP contribution in [0.15, 0.2) is 40.8 Å². The second kappa shape index (κ2) is 5.61. The first-order valence-corrected chi connectivity index (χ1v) is 7.21. The van der Waals surface area contributed by atoms with Crippen LogP contribution in [0, 0.1) is 11.8 Å². The third kappa shape index (κ3) is 2.78. The molecule has 106 valence electrons. The Bertz CT molecular complexity index is 818. The van der Waals surface area contributed by atoms with Crippen molar-refractivity contribution < 1.29 is 4.42 Å². The summed E-state index contributed by atoms with van der Waals surface area (Å²) in [6.45, 7) is 4.08. The fraction of sp³-hybridized carbons (Fsp3) is 0.188. The zero-order chi connectivity index (χ0) is 14.8. The van der Waals surface area contributed by atoms with Gasteiger partial charge in [0.15, 0.2) is 0 Å². The maximum Gasteiger partial charge on any atom is 0.284 e. The quantitative estimate of drug-likeness (QED) is 0.731. The van der Waals surface area contributed by atoms with Crippen LogP contribution in [0.4, 0.5) is 0 Å². The molecule has 0 fully saturated rings. The summed E-state index contributed by atoms with van der Waals surface area (Å²) < 4.78 is 5.33. The highest BCUT2D eigenvalue weighted by molar-refractivity contribution is 7.71. The third-order valence-electron chi connectivity index (χ3n) is 3.41. The molecule has 2 aromatic heterocycles. The van der Waals surface area contributed by atoms with Crippen molar-refractivity contribution >= 4 is 12.2 Å². The van der Waals surface area contributed by atoms with Gasteiger partial charge in [0.05, 0.1) is 17.0 Å². The topological polar surface area (TPSA) is 54.7 Å². The minimum atomic E-state index is 0.267. The summed E-state index contributed by atoms with van der Waals surface area (Å²) >= 11 is 4.90. The van der Waals surface area contributed by atoms with Crippen LogP contribution in [0.25, 0.3) is 22.7 Å². The lowest BCUT2D eigenvalue weighted by Gasteiger charge is -2.06. The van der Waals surface area contributed by atoms with Crippen molar-refractivity contribution in [1.29, 1.82) is 0 Å². The van der Waals surface area contributed by atoms with E-state index in [4.69, 9.17) is 16.6 Å². The Morgan fingerprint density at radius 2 is 1.90 bits per heavy atom. The molecule has 0 atom stereocenters. The predicted molar refractivity (Wildman–Crippen MR) is 84.5 cm³/mol. The molecule has 3 aromatic rings. The Kier molecular flexibility index (Phi) is 3.66. The Morgan fingerprint density at radius 1 is 1.14 bits per heavy atom. The number of aryl methyl sites for hydroxylation is 2. The van der Waals surface area contributed by atoms with Crippen molar-refractivity contribution in [2.45, 2.75) is 20.3 Å². The molecule has 0 unspecified atom stereocenters. The van der Waals surface area contributed by atoms with E-state index >= 15 is 0 Å². The maximum atomic E-state index is 5.33. The Morgan fingerprint density at radius 3 is 2.48 bits per heavy atom. The Balaban J connectivity index is 1.98. The number of hydrogen-bond acceptors (Lipinski definition) is 4. The number of hydrogen-bond donors (Lipinski definition) is 1. The van der Waals surface area contributed by atoms with Crippen molar-refractivity contribution in [3.8, 4) is 22.7 Å². The highest BCUT2D eigenvalue weighted by Crippen LogP contribution is 2.24. The van der Waals surface area contributed by atoms with Crippen molar-refractivity contribution in [3.63, 3.8) is 0 Å². The SMILES string of the molecule is CCc1ccc(-c2ccc(-c3n[nH]c(=S)o3)c(C)n2)cc1. The molecule has 5 heteroatoms. The van der Waals surface area contributed by atoms with Crippen LogP contribution in [0.5, 0.6) is 0 Å². The molecule has 0 spiro atoms. The van der Waals surface area contributed by atoms with Crippen LogP contribution >= 0.6 is 12.2 Å². The van der Waals surface area contributed by atoms with Gasteiger partial charge < -0.3 is 4.42 Å². The minimum Gasteiger partial charge on any atom is -0.409 e. The van der Waals surface area contributed by atoms with Crippen LogP contribution in [0.3, 0.4) is 0 Å². The second-order valence-electron chi connectivity index (χ2n) is 4.80. The van der Waals surface area contributed by atoms with Gasteiger partial charge in [-0.15, -0.1) is 5.10 Å². The third-order valence-corrected chi connectivity index (χ3v) is 3.59. The highest BCUT2D eigenvalue weighted by Gasteiger charge is 2.10. The van der Waals surface area contributed by atoms with E-state index in [9.17, 15) is 0 Å². The van der Waals surface area contributed by atoms with E-state index in [-0.39, 0.29) is 4.84 Å². The highest BCUT2D eigenvalue weighted by atomic mass is 32.1. The van der Waals surface area contributed by atoms with Gasteiger partial charge in [0.2, 0.25) is 5.89 Å². The van der Waals surface area contributed by atoms with Gasteiger partial charge in [-0.1, -0.05) is 31.2 Å². The van der Waals surface area contributed by atoms with Gasteiger partial charge in [-0.3, -0.25) is 4.98 Å². The average Bonchev–Trinajstić information content (AvgIpc) is 2.93. The molecule has 1 N–H and O–H groups in total. The van der Waals surface area contributed by atoms with Crippen molar-refractivity contribution in [2.24, 2.45) is 0 Å². The first kappa shape index (κ1) is 13.7. The minimum absolute atomic E-state index is 0.267. The van der Waals surface area contributed by atoms with Gasteiger partial charge in [-0.2, -0.15) is 0 Å². The van der Waals surface area contributed by atoms with Crippen LogP contribution in [0.2, 0.25) is 0 Å². The van der Waals surface area contributed by atoms with E-state index < -0.39 is 0 Å². The molecule has 21 heavy (non-hydrogen) atoms. The molecular formula is C16H15N3OS. The van der Waals surface area contributed by atoms with Crippen LogP contribution in [-0.2, 0) is 6.42 Å². The van der Waals surface area contributed by atoms with Gasteiger partial charge in [-0.05, 0) is 43.3 Å². The van der Waals surface area contributed by atoms with E-state index in [1.807, 2.05) is 19.1 Å². The summed E-state index contributed by atoms with van der Waals surface area (Å²) in [7, 11) is 0. The second-order valence-corrected chi connectivity index (χ2v) is 5.17. The number of aromatic amines is 1. The monoisotopic (exact) mass is 297 g/mol. The smallest absolute Gasteiger partial charge is 0.284 e. The van der Waals surface area contributed by atoms with Crippen molar-refractivity contribution in [3.05, 3.63) is 52.5 Å². The lowest BCUT2D eigenvalue weighted by molar-refractivity contribution is 0.551. The summed E-state index contributed by atoms with van der Waals surface area (Å²) in [5.74, 6) is 0.470. The Hall–Kier alpha value is -2.27. The van der Waals surface area contributed by atoms with Gasteiger partial charge in [0.1, 0.15) is 0 Å². The Labute approximate surface area is 127 Å². The number of nitrogens with one attached hydrogen (secondary N) is 1. The molecule has 0 aliphatic rings. The zero-order valence-electron chi connectivity index (χ0n) is 11.9. The molecule has 0 saturated carbocycles. The molecule has 0 aliphatic carbocycles. The maximum absolute atomic E-state index is 5.33. The van der Waals surface area contributed by atoms with Gasteiger partial charge in [0, 0.05) is 5.56 Å². The first-order valence-electron chi connectivity index (χ1n) is 6.80. The molecule has 0 saturated heterocycles. The van der Waals surface area contributed by atoms with Crippen molar-refractivity contribution in [2.75, 3.05) is 0 Å². The normalized spacial score (nSPS) is 10.8. The molecule has 3 rings (SSSR count). The first-order chi connectivity index (χ1) is 10.2. The van der Waals surface area contributed by atoms with Crippen LogP contribution in [-0.4, -0.2) is 15.2 Å². The standard InChI is InChI=1S/C16H15N3OS/c1-3-11-4-6-12(7-5-11)14-9-8-13(10(2)17-14)15-18-19-16(21)20-15/h4-9H,3H2,1-2H3,(H,19,21). The molecular weight excluding hydrogens is 282 g/mol. The molecule has 4 nitrogen and oxygen atoms in total. The zero-order valence-corrected chi connectivity index (χ0v) is 12.7. The van der Waals surface area contributed by atoms with Crippen LogP contribution in [0.1, 0.15) is 18.2 Å². The fourth-order valence-electron chi connectivity index (χ4n) is 2.20. The fourth-order valence-corrected chi connectivity index (χ4v) is 2.33. The molecule has 0 radical (unpaired) electrons. The summed E-state index contributed by atoms with van der Waals surface area (Å²) in [5, 5.41) is 6.66. The lowest BCUT2D eigenvalue weighted by atomic mass is 10.1. The molecule has 0 aliphatic heterocycles. The molecule has 0 amide bonds. The summed E-state index contributed by atoms with van der Waals surface area (Å²) in [6.07, 6.45) is 1.04. The molecule has 0 bridgehead atoms. The number of benzene rings is 1. The largest absolute Gasteiger partial charge is 0.409 e. The number of pyridine rings is 1. The van der Waals surface area contributed by atoms with Crippen molar-refractivity contribution in [1.82, 2.24) is 15.2 Å². The van der Waals surface area contributed by atoms with Crippen LogP contribution < -0.4 is 0 Å². The number of aromatic nitrogens is 3. The van der Waals surface area contributed by atoms with E-state index in [1.165, 1.54) is 5.56 Å². The van der Waals surface area contributed by atoms with Gasteiger partial charge >= 0.3 is 0 Å². The van der Waals surface area contributed by atoms with E-state index in [1.54, 1.807) is 0 Å². The molecule has 1 aromatic carbocycles. The van der Waals surface area contributed by atoms with E-state index in [0.717, 1.165) is 28.9 Å². The van der Waals surface area contributed by atoms with E-state index in [0.29, 0.717) is 5.89 Å². The van der Waals surface area contributed by atoms with Gasteiger partial charge in [0.25, 0.3) is 4.84 Å². The average molecular weight is 297 g/mol. The number of rotatable bonds is 3. The molecule has 2 heterocycles. The summed E-state index contributed by atoms with van der Waals surface area (Å²) in [6, 6.07) is 12.4. The summed E-state index contributed by atoms with van der Waals surface area (Å²) in [5.41, 5.74) is 5.06. The summed E-state index contributed by atoms with van der Waals surface area (Å²) in [4.78, 5) is 4.90. The lowest BCUT2D eigenvalue weighted by Crippen LogP contribution is -1.92. The number of nitrogens with zero attached hydrogens (tertiary/aromatic N) is 2.